The Hall–Kier alpha value is -4.41. The maximum atomic E-state index is 5.01. The van der Waals surface area contributed by atoms with Crippen molar-refractivity contribution in [2.75, 3.05) is 0 Å². The molecule has 0 N–H and O–H groups in total. The molecule has 0 aliphatic heterocycles. The van der Waals surface area contributed by atoms with Gasteiger partial charge in [-0.15, -0.1) is 0 Å². The average molecular weight is 540 g/mol. The Labute approximate surface area is 224 Å². The fourth-order valence-electron chi connectivity index (χ4n) is 4.40. The molecule has 37 heavy (non-hydrogen) atoms. The van der Waals surface area contributed by atoms with Gasteiger partial charge in [0, 0.05) is 21.2 Å². The van der Waals surface area contributed by atoms with Crippen LogP contribution in [0, 0.1) is 0 Å². The van der Waals surface area contributed by atoms with Crippen LogP contribution in [0.1, 0.15) is 0 Å². The fraction of sp³-hybridized carbons (Fsp3) is 0. The topological polar surface area (TPSA) is 38.7 Å². The van der Waals surface area contributed by atoms with Crippen molar-refractivity contribution in [3.63, 3.8) is 0 Å². The summed E-state index contributed by atoms with van der Waals surface area (Å²) in [5.41, 5.74) is 7.30. The number of aromatic nitrogens is 3. The lowest BCUT2D eigenvalue weighted by Gasteiger charge is -2.12. The summed E-state index contributed by atoms with van der Waals surface area (Å²) in [6.07, 6.45) is 0. The van der Waals surface area contributed by atoms with Crippen LogP contribution in [0.4, 0.5) is 0 Å². The van der Waals surface area contributed by atoms with E-state index in [0.29, 0.717) is 17.5 Å². The average Bonchev–Trinajstić information content (AvgIpc) is 2.98. The van der Waals surface area contributed by atoms with Crippen LogP contribution < -0.4 is 0 Å². The van der Waals surface area contributed by atoms with E-state index in [9.17, 15) is 0 Å². The van der Waals surface area contributed by atoms with Crippen LogP contribution in [-0.4, -0.2) is 15.0 Å². The van der Waals surface area contributed by atoms with Crippen LogP contribution in [-0.2, 0) is 0 Å². The molecule has 0 aliphatic rings. The molecule has 0 aliphatic carbocycles. The highest BCUT2D eigenvalue weighted by atomic mass is 79.9. The van der Waals surface area contributed by atoms with Crippen LogP contribution in [0.2, 0.25) is 0 Å². The first kappa shape index (κ1) is 23.0. The molecule has 0 radical (unpaired) electrons. The predicted molar refractivity (Wildman–Crippen MR) is 155 cm³/mol. The minimum absolute atomic E-state index is 0.642. The molecule has 0 saturated heterocycles. The van der Waals surface area contributed by atoms with Gasteiger partial charge in [0.05, 0.1) is 0 Å². The number of hydrogen-bond donors (Lipinski definition) is 0. The lowest BCUT2D eigenvalue weighted by molar-refractivity contribution is 1.07. The second-order valence-corrected chi connectivity index (χ2v) is 9.59. The minimum atomic E-state index is 0.642. The van der Waals surface area contributed by atoms with Gasteiger partial charge in [0.1, 0.15) is 0 Å². The molecule has 5 aromatic carbocycles. The third-order valence-corrected chi connectivity index (χ3v) is 6.69. The van der Waals surface area contributed by atoms with Crippen molar-refractivity contribution in [1.29, 1.82) is 0 Å². The van der Waals surface area contributed by atoms with E-state index in [2.05, 4.69) is 76.6 Å². The van der Waals surface area contributed by atoms with Crippen molar-refractivity contribution in [2.45, 2.75) is 0 Å². The van der Waals surface area contributed by atoms with E-state index in [0.717, 1.165) is 43.4 Å². The Balaban J connectivity index is 1.54. The van der Waals surface area contributed by atoms with E-state index in [1.165, 1.54) is 0 Å². The summed E-state index contributed by atoms with van der Waals surface area (Å²) in [5, 5.41) is 0. The highest BCUT2D eigenvalue weighted by molar-refractivity contribution is 9.10. The molecule has 0 amide bonds. The molecule has 0 saturated carbocycles. The van der Waals surface area contributed by atoms with Gasteiger partial charge in [0.2, 0.25) is 0 Å². The van der Waals surface area contributed by atoms with Gasteiger partial charge in [0.15, 0.2) is 17.5 Å². The molecule has 0 unspecified atom stereocenters. The summed E-state index contributed by atoms with van der Waals surface area (Å²) in [7, 11) is 0. The van der Waals surface area contributed by atoms with Crippen molar-refractivity contribution in [1.82, 2.24) is 15.0 Å². The number of benzene rings is 5. The highest BCUT2D eigenvalue weighted by Crippen LogP contribution is 2.33. The zero-order valence-electron chi connectivity index (χ0n) is 19.9. The Morgan fingerprint density at radius 3 is 1.54 bits per heavy atom. The zero-order valence-corrected chi connectivity index (χ0v) is 21.5. The van der Waals surface area contributed by atoms with E-state index < -0.39 is 0 Å². The molecule has 0 spiro atoms. The second kappa shape index (κ2) is 10.3. The Bertz CT molecular complexity index is 1680. The molecule has 3 nitrogen and oxygen atoms in total. The van der Waals surface area contributed by atoms with Gasteiger partial charge < -0.3 is 0 Å². The second-order valence-electron chi connectivity index (χ2n) is 8.68. The summed E-state index contributed by atoms with van der Waals surface area (Å²) >= 11 is 3.59. The SMILES string of the molecule is Brc1cccc(-c2cccc(-c3nc(-c4ccccc4)nc(-c4ccccc4-c4ccccc4)n3)c2)c1. The lowest BCUT2D eigenvalue weighted by Crippen LogP contribution is -2.01. The molecule has 176 valence electrons. The van der Waals surface area contributed by atoms with E-state index >= 15 is 0 Å². The fourth-order valence-corrected chi connectivity index (χ4v) is 4.79. The maximum absolute atomic E-state index is 5.01. The summed E-state index contributed by atoms with van der Waals surface area (Å²) < 4.78 is 1.04. The molecular formula is C33H22BrN3. The van der Waals surface area contributed by atoms with Gasteiger partial charge in [-0.25, -0.2) is 15.0 Å². The standard InChI is InChI=1S/C33H22BrN3/c34-28-18-10-16-26(22-28)25-15-9-17-27(21-25)32-35-31(24-13-5-2-6-14-24)36-33(37-32)30-20-8-7-19-29(30)23-11-3-1-4-12-23/h1-22H. The van der Waals surface area contributed by atoms with E-state index in [4.69, 9.17) is 15.0 Å². The molecule has 6 aromatic rings. The normalized spacial score (nSPS) is 10.8. The first-order valence-corrected chi connectivity index (χ1v) is 12.9. The number of halogens is 1. The molecular weight excluding hydrogens is 518 g/mol. The lowest BCUT2D eigenvalue weighted by atomic mass is 9.99. The van der Waals surface area contributed by atoms with Crippen molar-refractivity contribution < 1.29 is 0 Å². The van der Waals surface area contributed by atoms with Crippen LogP contribution in [0.5, 0.6) is 0 Å². The van der Waals surface area contributed by atoms with Crippen molar-refractivity contribution in [2.24, 2.45) is 0 Å². The number of hydrogen-bond acceptors (Lipinski definition) is 3. The molecule has 0 bridgehead atoms. The summed E-state index contributed by atoms with van der Waals surface area (Å²) in [6, 6.07) is 45.3. The van der Waals surface area contributed by atoms with Gasteiger partial charge in [-0.1, -0.05) is 131 Å². The molecule has 6 rings (SSSR count). The third kappa shape index (κ3) is 4.97. The first-order chi connectivity index (χ1) is 18.2. The van der Waals surface area contributed by atoms with E-state index in [-0.39, 0.29) is 0 Å². The van der Waals surface area contributed by atoms with E-state index in [1.807, 2.05) is 72.8 Å². The first-order valence-electron chi connectivity index (χ1n) is 12.1. The van der Waals surface area contributed by atoms with Gasteiger partial charge in [0.25, 0.3) is 0 Å². The van der Waals surface area contributed by atoms with Gasteiger partial charge in [-0.3, -0.25) is 0 Å². The van der Waals surface area contributed by atoms with Gasteiger partial charge >= 0.3 is 0 Å². The minimum Gasteiger partial charge on any atom is -0.208 e. The number of rotatable bonds is 5. The number of nitrogens with zero attached hydrogens (tertiary/aromatic N) is 3. The Morgan fingerprint density at radius 2 is 0.838 bits per heavy atom. The largest absolute Gasteiger partial charge is 0.208 e. The third-order valence-electron chi connectivity index (χ3n) is 6.20. The van der Waals surface area contributed by atoms with Crippen LogP contribution in [0.25, 0.3) is 56.4 Å². The quantitative estimate of drug-likeness (QED) is 0.219. The zero-order chi connectivity index (χ0) is 25.0. The van der Waals surface area contributed by atoms with Crippen LogP contribution in [0.3, 0.4) is 0 Å². The molecule has 1 aromatic heterocycles. The summed E-state index contributed by atoms with van der Waals surface area (Å²) in [5.74, 6) is 1.94. The molecule has 4 heteroatoms. The molecule has 1 heterocycles. The molecule has 0 fully saturated rings. The van der Waals surface area contributed by atoms with Crippen molar-refractivity contribution in [3.05, 3.63) is 138 Å². The van der Waals surface area contributed by atoms with Crippen molar-refractivity contribution in [3.8, 4) is 56.4 Å². The highest BCUT2D eigenvalue weighted by Gasteiger charge is 2.15. The maximum Gasteiger partial charge on any atom is 0.164 e. The van der Waals surface area contributed by atoms with Crippen molar-refractivity contribution >= 4 is 15.9 Å². The Morgan fingerprint density at radius 1 is 0.351 bits per heavy atom. The van der Waals surface area contributed by atoms with Crippen LogP contribution in [0.15, 0.2) is 138 Å². The van der Waals surface area contributed by atoms with Crippen LogP contribution >= 0.6 is 15.9 Å². The van der Waals surface area contributed by atoms with Gasteiger partial charge in [-0.05, 0) is 40.5 Å². The van der Waals surface area contributed by atoms with E-state index in [1.54, 1.807) is 0 Å². The predicted octanol–water partition coefficient (Wildman–Crippen LogP) is 8.97. The monoisotopic (exact) mass is 539 g/mol. The summed E-state index contributed by atoms with van der Waals surface area (Å²) in [4.78, 5) is 14.9. The smallest absolute Gasteiger partial charge is 0.164 e. The van der Waals surface area contributed by atoms with Gasteiger partial charge in [-0.2, -0.15) is 0 Å². The molecule has 0 atom stereocenters. The Kier molecular flexibility index (Phi) is 6.40. The summed E-state index contributed by atoms with van der Waals surface area (Å²) in [6.45, 7) is 0.